The average molecular weight is 255 g/mol. The lowest BCUT2D eigenvalue weighted by atomic mass is 10.1. The fourth-order valence-electron chi connectivity index (χ4n) is 1.85. The van der Waals surface area contributed by atoms with Crippen LogP contribution in [-0.4, -0.2) is 5.78 Å². The number of hydrogen-bond donors (Lipinski definition) is 1. The molecule has 98 valence electrons. The normalized spacial score (nSPS) is 10.2. The number of carbonyl (C=O) groups is 1. The quantitative estimate of drug-likeness (QED) is 0.836. The van der Waals surface area contributed by atoms with Crippen LogP contribution in [0.4, 0.5) is 0 Å². The van der Waals surface area contributed by atoms with E-state index in [2.05, 4.69) is 0 Å². The van der Waals surface area contributed by atoms with Crippen molar-refractivity contribution in [2.45, 2.75) is 20.1 Å². The van der Waals surface area contributed by atoms with Gasteiger partial charge < -0.3 is 10.5 Å². The van der Waals surface area contributed by atoms with Crippen molar-refractivity contribution in [1.29, 1.82) is 0 Å². The minimum absolute atomic E-state index is 0.0595. The summed E-state index contributed by atoms with van der Waals surface area (Å²) in [6.07, 6.45) is 0. The van der Waals surface area contributed by atoms with Crippen LogP contribution in [0.5, 0.6) is 5.75 Å². The summed E-state index contributed by atoms with van der Waals surface area (Å²) in [6.45, 7) is 2.44. The number of para-hydroxylation sites is 1. The van der Waals surface area contributed by atoms with E-state index in [1.54, 1.807) is 13.0 Å². The Morgan fingerprint density at radius 1 is 1.16 bits per heavy atom. The summed E-state index contributed by atoms with van der Waals surface area (Å²) >= 11 is 0. The van der Waals surface area contributed by atoms with E-state index in [1.165, 1.54) is 0 Å². The Labute approximate surface area is 113 Å². The van der Waals surface area contributed by atoms with Gasteiger partial charge in [0.1, 0.15) is 12.4 Å². The van der Waals surface area contributed by atoms with Crippen molar-refractivity contribution < 1.29 is 9.53 Å². The lowest BCUT2D eigenvalue weighted by molar-refractivity contribution is 0.101. The predicted octanol–water partition coefficient (Wildman–Crippen LogP) is 2.93. The first-order valence-corrected chi connectivity index (χ1v) is 6.21. The van der Waals surface area contributed by atoms with Gasteiger partial charge in [0.15, 0.2) is 5.78 Å². The van der Waals surface area contributed by atoms with Gasteiger partial charge >= 0.3 is 0 Å². The van der Waals surface area contributed by atoms with Crippen molar-refractivity contribution >= 4 is 5.78 Å². The molecule has 0 aromatic heterocycles. The first kappa shape index (κ1) is 13.3. The summed E-state index contributed by atoms with van der Waals surface area (Å²) in [5.41, 5.74) is 8.31. The molecule has 0 aliphatic rings. The Morgan fingerprint density at radius 3 is 2.68 bits per heavy atom. The third kappa shape index (κ3) is 3.42. The number of Topliss-reactive ketones (excluding diaryl/α,β-unsaturated/α-hetero) is 1. The number of hydrogen-bond acceptors (Lipinski definition) is 3. The maximum atomic E-state index is 11.3. The van der Waals surface area contributed by atoms with Gasteiger partial charge in [0.05, 0.1) is 0 Å². The van der Waals surface area contributed by atoms with Crippen LogP contribution in [0.3, 0.4) is 0 Å². The van der Waals surface area contributed by atoms with E-state index in [9.17, 15) is 4.79 Å². The van der Waals surface area contributed by atoms with Gasteiger partial charge in [-0.1, -0.05) is 36.4 Å². The third-order valence-electron chi connectivity index (χ3n) is 2.92. The van der Waals surface area contributed by atoms with Crippen LogP contribution in [0.2, 0.25) is 0 Å². The van der Waals surface area contributed by atoms with Gasteiger partial charge in [0, 0.05) is 17.7 Å². The molecule has 3 heteroatoms. The van der Waals surface area contributed by atoms with Crippen molar-refractivity contribution in [1.82, 2.24) is 0 Å². The topological polar surface area (TPSA) is 52.3 Å². The maximum absolute atomic E-state index is 11.3. The highest BCUT2D eigenvalue weighted by Crippen LogP contribution is 2.19. The number of carbonyl (C=O) groups excluding carboxylic acids is 1. The zero-order valence-corrected chi connectivity index (χ0v) is 10.9. The second kappa shape index (κ2) is 6.16. The van der Waals surface area contributed by atoms with Gasteiger partial charge in [0.2, 0.25) is 0 Å². The van der Waals surface area contributed by atoms with E-state index in [4.69, 9.17) is 10.5 Å². The second-order valence-electron chi connectivity index (χ2n) is 4.36. The molecule has 19 heavy (non-hydrogen) atoms. The average Bonchev–Trinajstić information content (AvgIpc) is 2.45. The van der Waals surface area contributed by atoms with Crippen molar-refractivity contribution in [3.05, 3.63) is 65.2 Å². The molecular weight excluding hydrogens is 238 g/mol. The van der Waals surface area contributed by atoms with Gasteiger partial charge in [0.25, 0.3) is 0 Å². The highest BCUT2D eigenvalue weighted by Gasteiger charge is 2.03. The van der Waals surface area contributed by atoms with Crippen molar-refractivity contribution in [3.8, 4) is 5.75 Å². The second-order valence-corrected chi connectivity index (χ2v) is 4.36. The summed E-state index contributed by atoms with van der Waals surface area (Å²) in [6, 6.07) is 15.2. The Hall–Kier alpha value is -2.13. The first-order valence-electron chi connectivity index (χ1n) is 6.21. The molecule has 2 N–H and O–H groups in total. The van der Waals surface area contributed by atoms with Gasteiger partial charge in [-0.3, -0.25) is 4.79 Å². The minimum atomic E-state index is 0.0595. The Kier molecular flexibility index (Phi) is 4.31. The molecule has 0 spiro atoms. The molecule has 2 aromatic rings. The molecule has 0 amide bonds. The van der Waals surface area contributed by atoms with E-state index < -0.39 is 0 Å². The molecule has 0 saturated heterocycles. The smallest absolute Gasteiger partial charge is 0.159 e. The molecule has 0 radical (unpaired) electrons. The van der Waals surface area contributed by atoms with Crippen LogP contribution in [0.25, 0.3) is 0 Å². The van der Waals surface area contributed by atoms with Gasteiger partial charge in [-0.25, -0.2) is 0 Å². The van der Waals surface area contributed by atoms with E-state index in [-0.39, 0.29) is 5.78 Å². The molecule has 0 atom stereocenters. The number of rotatable bonds is 5. The summed E-state index contributed by atoms with van der Waals surface area (Å²) in [4.78, 5) is 11.3. The SMILES string of the molecule is CC(=O)c1cccc(COc2ccccc2CN)c1. The number of ketones is 1. The molecule has 0 bridgehead atoms. The Morgan fingerprint density at radius 2 is 1.95 bits per heavy atom. The van der Waals surface area contributed by atoms with Gasteiger partial charge in [-0.2, -0.15) is 0 Å². The van der Waals surface area contributed by atoms with Gasteiger partial charge in [-0.05, 0) is 24.6 Å². The molecule has 0 aliphatic carbocycles. The van der Waals surface area contributed by atoms with Crippen molar-refractivity contribution in [2.75, 3.05) is 0 Å². The fraction of sp³-hybridized carbons (Fsp3) is 0.188. The summed E-state index contributed by atoms with van der Waals surface area (Å²) in [7, 11) is 0. The number of ether oxygens (including phenoxy) is 1. The highest BCUT2D eigenvalue weighted by molar-refractivity contribution is 5.94. The third-order valence-corrected chi connectivity index (χ3v) is 2.92. The zero-order chi connectivity index (χ0) is 13.7. The first-order chi connectivity index (χ1) is 9.20. The van der Waals surface area contributed by atoms with E-state index in [0.29, 0.717) is 18.7 Å². The van der Waals surface area contributed by atoms with Crippen LogP contribution < -0.4 is 10.5 Å². The van der Waals surface area contributed by atoms with Crippen molar-refractivity contribution in [3.63, 3.8) is 0 Å². The molecule has 0 aliphatic heterocycles. The number of benzene rings is 2. The molecule has 0 unspecified atom stereocenters. The molecule has 0 fully saturated rings. The van der Waals surface area contributed by atoms with Gasteiger partial charge in [-0.15, -0.1) is 0 Å². The molecule has 2 aromatic carbocycles. The van der Waals surface area contributed by atoms with Crippen LogP contribution in [0, 0.1) is 0 Å². The fourth-order valence-corrected chi connectivity index (χ4v) is 1.85. The van der Waals surface area contributed by atoms with Crippen LogP contribution in [0.1, 0.15) is 28.4 Å². The van der Waals surface area contributed by atoms with Crippen LogP contribution in [0.15, 0.2) is 48.5 Å². The highest BCUT2D eigenvalue weighted by atomic mass is 16.5. The summed E-state index contributed by atoms with van der Waals surface area (Å²) in [5, 5.41) is 0. The van der Waals surface area contributed by atoms with Crippen LogP contribution in [-0.2, 0) is 13.2 Å². The van der Waals surface area contributed by atoms with E-state index >= 15 is 0 Å². The molecule has 0 heterocycles. The molecular formula is C16H17NO2. The molecule has 3 nitrogen and oxygen atoms in total. The monoisotopic (exact) mass is 255 g/mol. The summed E-state index contributed by atoms with van der Waals surface area (Å²) in [5.74, 6) is 0.849. The summed E-state index contributed by atoms with van der Waals surface area (Å²) < 4.78 is 5.76. The largest absolute Gasteiger partial charge is 0.489 e. The standard InChI is InChI=1S/C16H17NO2/c1-12(18)14-7-4-5-13(9-14)11-19-16-8-3-2-6-15(16)10-17/h2-9H,10-11,17H2,1H3. The lowest BCUT2D eigenvalue weighted by Crippen LogP contribution is -2.03. The van der Waals surface area contributed by atoms with Crippen molar-refractivity contribution in [2.24, 2.45) is 5.73 Å². The molecule has 2 rings (SSSR count). The Balaban J connectivity index is 2.10. The zero-order valence-electron chi connectivity index (χ0n) is 10.9. The predicted molar refractivity (Wildman–Crippen MR) is 75.1 cm³/mol. The maximum Gasteiger partial charge on any atom is 0.159 e. The number of nitrogens with two attached hydrogens (primary N) is 1. The molecule has 0 saturated carbocycles. The van der Waals surface area contributed by atoms with E-state index in [1.807, 2.05) is 42.5 Å². The minimum Gasteiger partial charge on any atom is -0.489 e. The van der Waals surface area contributed by atoms with Crippen LogP contribution >= 0.6 is 0 Å². The van der Waals surface area contributed by atoms with E-state index in [0.717, 1.165) is 16.9 Å². The Bertz CT molecular complexity index is 578. The lowest BCUT2D eigenvalue weighted by Gasteiger charge is -2.10.